The van der Waals surface area contributed by atoms with Gasteiger partial charge in [-0.2, -0.15) is 4.79 Å². The standard InChI is InChI=1S/C10H12N4OS/c1-8-5-9(16(2)15)3-4-10(8)13-14-7-11-6-12-14/h3-7,13H,1-2H3. The molecule has 16 heavy (non-hydrogen) atoms. The largest absolute Gasteiger partial charge is 0.277 e. The van der Waals surface area contributed by atoms with Crippen molar-refractivity contribution < 1.29 is 4.21 Å². The van der Waals surface area contributed by atoms with Crippen LogP contribution in [0.5, 0.6) is 0 Å². The van der Waals surface area contributed by atoms with Crippen molar-refractivity contribution in [3.05, 3.63) is 36.4 Å². The molecule has 0 spiro atoms. The first-order valence-corrected chi connectivity index (χ1v) is 6.28. The molecular weight excluding hydrogens is 224 g/mol. The molecule has 5 nitrogen and oxygen atoms in total. The maximum absolute atomic E-state index is 11.3. The van der Waals surface area contributed by atoms with Gasteiger partial charge in [0.05, 0.1) is 5.69 Å². The van der Waals surface area contributed by atoms with Crippen molar-refractivity contribution >= 4 is 16.5 Å². The van der Waals surface area contributed by atoms with E-state index < -0.39 is 10.8 Å². The van der Waals surface area contributed by atoms with Crippen LogP contribution in [0, 0.1) is 6.92 Å². The molecule has 1 N–H and O–H groups in total. The molecule has 0 radical (unpaired) electrons. The Labute approximate surface area is 95.9 Å². The van der Waals surface area contributed by atoms with Gasteiger partial charge in [-0.05, 0) is 30.7 Å². The Bertz CT molecular complexity index is 510. The minimum absolute atomic E-state index is 0.821. The number of hydrogen-bond acceptors (Lipinski definition) is 4. The summed E-state index contributed by atoms with van der Waals surface area (Å²) >= 11 is 0. The zero-order chi connectivity index (χ0) is 11.5. The van der Waals surface area contributed by atoms with Gasteiger partial charge in [-0.25, -0.2) is 4.98 Å². The highest BCUT2D eigenvalue weighted by atomic mass is 32.2. The Morgan fingerprint density at radius 3 is 2.81 bits per heavy atom. The van der Waals surface area contributed by atoms with Gasteiger partial charge in [-0.3, -0.25) is 9.63 Å². The number of nitrogens with one attached hydrogen (secondary N) is 1. The molecule has 0 saturated carbocycles. The topological polar surface area (TPSA) is 59.8 Å². The average Bonchev–Trinajstić information content (AvgIpc) is 2.73. The predicted molar refractivity (Wildman–Crippen MR) is 62.6 cm³/mol. The van der Waals surface area contributed by atoms with E-state index in [1.807, 2.05) is 25.1 Å². The van der Waals surface area contributed by atoms with Gasteiger partial charge in [0.15, 0.2) is 0 Å². The highest BCUT2D eigenvalue weighted by molar-refractivity contribution is 7.84. The Hall–Kier alpha value is -1.69. The number of anilines is 1. The van der Waals surface area contributed by atoms with Crippen molar-refractivity contribution in [3.8, 4) is 0 Å². The molecule has 0 saturated heterocycles. The lowest BCUT2D eigenvalue weighted by molar-refractivity contribution is 0.686. The fourth-order valence-corrected chi connectivity index (χ4v) is 1.93. The molecule has 0 aliphatic carbocycles. The summed E-state index contributed by atoms with van der Waals surface area (Å²) in [6, 6.07) is 5.62. The van der Waals surface area contributed by atoms with E-state index in [0.29, 0.717) is 0 Å². The van der Waals surface area contributed by atoms with E-state index in [4.69, 9.17) is 0 Å². The van der Waals surface area contributed by atoms with E-state index in [9.17, 15) is 4.21 Å². The van der Waals surface area contributed by atoms with Gasteiger partial charge in [0.1, 0.15) is 12.7 Å². The summed E-state index contributed by atoms with van der Waals surface area (Å²) in [5, 5.41) is 3.94. The summed E-state index contributed by atoms with van der Waals surface area (Å²) in [6.45, 7) is 1.95. The Morgan fingerprint density at radius 1 is 1.44 bits per heavy atom. The van der Waals surface area contributed by atoms with Crippen LogP contribution in [0.4, 0.5) is 5.69 Å². The van der Waals surface area contributed by atoms with E-state index in [2.05, 4.69) is 15.5 Å². The van der Waals surface area contributed by atoms with E-state index in [1.165, 1.54) is 11.1 Å². The van der Waals surface area contributed by atoms with Gasteiger partial charge in [0.25, 0.3) is 0 Å². The molecule has 2 aromatic rings. The molecule has 1 unspecified atom stereocenters. The van der Waals surface area contributed by atoms with Crippen molar-refractivity contribution in [2.24, 2.45) is 0 Å². The second-order valence-corrected chi connectivity index (χ2v) is 4.76. The van der Waals surface area contributed by atoms with Crippen molar-refractivity contribution in [1.82, 2.24) is 14.9 Å². The molecule has 6 heteroatoms. The van der Waals surface area contributed by atoms with Crippen LogP contribution in [-0.4, -0.2) is 25.3 Å². The first-order chi connectivity index (χ1) is 7.66. The highest BCUT2D eigenvalue weighted by Gasteiger charge is 2.02. The van der Waals surface area contributed by atoms with Crippen LogP contribution in [0.25, 0.3) is 0 Å². The van der Waals surface area contributed by atoms with Crippen LogP contribution in [0.2, 0.25) is 0 Å². The molecule has 1 aromatic carbocycles. The third kappa shape index (κ3) is 2.27. The second kappa shape index (κ2) is 4.44. The molecule has 1 atom stereocenters. The SMILES string of the molecule is Cc1cc(S(C)=O)ccc1Nn1cncn1. The normalized spacial score (nSPS) is 12.4. The fourth-order valence-electron chi connectivity index (χ4n) is 1.33. The number of aryl methyl sites for hydroxylation is 1. The molecular formula is C10H12N4OS. The lowest BCUT2D eigenvalue weighted by atomic mass is 10.2. The number of rotatable bonds is 3. The van der Waals surface area contributed by atoms with E-state index in [0.717, 1.165) is 16.1 Å². The van der Waals surface area contributed by atoms with Crippen molar-refractivity contribution in [3.63, 3.8) is 0 Å². The molecule has 1 aromatic heterocycles. The van der Waals surface area contributed by atoms with Gasteiger partial charge in [0, 0.05) is 22.0 Å². The summed E-state index contributed by atoms with van der Waals surface area (Å²) in [5.41, 5.74) is 5.00. The lowest BCUT2D eigenvalue weighted by Gasteiger charge is -2.09. The third-order valence-electron chi connectivity index (χ3n) is 2.18. The maximum Gasteiger partial charge on any atom is 0.139 e. The Balaban J connectivity index is 2.26. The zero-order valence-electron chi connectivity index (χ0n) is 9.04. The smallest absolute Gasteiger partial charge is 0.139 e. The minimum atomic E-state index is -0.949. The van der Waals surface area contributed by atoms with Crippen molar-refractivity contribution in [2.75, 3.05) is 11.7 Å². The molecule has 0 aliphatic rings. The maximum atomic E-state index is 11.3. The summed E-state index contributed by atoms with van der Waals surface area (Å²) in [4.78, 5) is 6.17. The number of benzene rings is 1. The first-order valence-electron chi connectivity index (χ1n) is 4.72. The molecule has 0 fully saturated rings. The zero-order valence-corrected chi connectivity index (χ0v) is 9.86. The number of nitrogens with zero attached hydrogens (tertiary/aromatic N) is 3. The van der Waals surface area contributed by atoms with Crippen LogP contribution in [0.1, 0.15) is 5.56 Å². The van der Waals surface area contributed by atoms with E-state index in [1.54, 1.807) is 12.6 Å². The third-order valence-corrected chi connectivity index (χ3v) is 3.10. The monoisotopic (exact) mass is 236 g/mol. The Kier molecular flexibility index (Phi) is 3.00. The van der Waals surface area contributed by atoms with Crippen LogP contribution < -0.4 is 5.43 Å². The molecule has 84 valence electrons. The van der Waals surface area contributed by atoms with Crippen LogP contribution in [-0.2, 0) is 10.8 Å². The molecule has 2 rings (SSSR count). The van der Waals surface area contributed by atoms with Gasteiger partial charge < -0.3 is 0 Å². The second-order valence-electron chi connectivity index (χ2n) is 3.38. The molecule has 0 amide bonds. The van der Waals surface area contributed by atoms with Crippen molar-refractivity contribution in [1.29, 1.82) is 0 Å². The van der Waals surface area contributed by atoms with Crippen LogP contribution >= 0.6 is 0 Å². The van der Waals surface area contributed by atoms with Gasteiger partial charge >= 0.3 is 0 Å². The number of hydrogen-bond donors (Lipinski definition) is 1. The fraction of sp³-hybridized carbons (Fsp3) is 0.200. The molecule has 0 aliphatic heterocycles. The van der Waals surface area contributed by atoms with E-state index >= 15 is 0 Å². The van der Waals surface area contributed by atoms with E-state index in [-0.39, 0.29) is 0 Å². The molecule has 0 bridgehead atoms. The first kappa shape index (κ1) is 10.8. The number of aromatic nitrogens is 3. The summed E-state index contributed by atoms with van der Waals surface area (Å²) in [6.07, 6.45) is 4.70. The summed E-state index contributed by atoms with van der Waals surface area (Å²) in [5.74, 6) is 0. The van der Waals surface area contributed by atoms with Gasteiger partial charge in [0.2, 0.25) is 0 Å². The van der Waals surface area contributed by atoms with Crippen LogP contribution in [0.15, 0.2) is 35.7 Å². The summed E-state index contributed by atoms with van der Waals surface area (Å²) < 4.78 is 11.3. The lowest BCUT2D eigenvalue weighted by Crippen LogP contribution is -2.10. The van der Waals surface area contributed by atoms with Gasteiger partial charge in [-0.1, -0.05) is 0 Å². The van der Waals surface area contributed by atoms with Crippen molar-refractivity contribution in [2.45, 2.75) is 11.8 Å². The summed E-state index contributed by atoms with van der Waals surface area (Å²) in [7, 11) is -0.949. The predicted octanol–water partition coefficient (Wildman–Crippen LogP) is 1.20. The highest BCUT2D eigenvalue weighted by Crippen LogP contribution is 2.18. The van der Waals surface area contributed by atoms with Crippen LogP contribution in [0.3, 0.4) is 0 Å². The van der Waals surface area contributed by atoms with Gasteiger partial charge in [-0.15, -0.1) is 5.10 Å². The molecule has 1 heterocycles. The quantitative estimate of drug-likeness (QED) is 0.870. The average molecular weight is 236 g/mol. The minimum Gasteiger partial charge on any atom is -0.277 e. The Morgan fingerprint density at radius 2 is 2.25 bits per heavy atom.